The monoisotopic (exact) mass is 324 g/mol. The van der Waals surface area contributed by atoms with Gasteiger partial charge in [0.2, 0.25) is 0 Å². The molecule has 1 aromatic heterocycles. The summed E-state index contributed by atoms with van der Waals surface area (Å²) in [5.41, 5.74) is 1.18. The summed E-state index contributed by atoms with van der Waals surface area (Å²) in [5, 5.41) is 9.72. The summed E-state index contributed by atoms with van der Waals surface area (Å²) in [5.74, 6) is 0.148. The fourth-order valence-electron chi connectivity index (χ4n) is 2.97. The van der Waals surface area contributed by atoms with Gasteiger partial charge in [-0.2, -0.15) is 0 Å². The molecule has 122 valence electrons. The van der Waals surface area contributed by atoms with Gasteiger partial charge >= 0.3 is 0 Å². The van der Waals surface area contributed by atoms with Crippen LogP contribution in [0.15, 0.2) is 6.07 Å². The quantitative estimate of drug-likeness (QED) is 0.908. The molecule has 1 amide bonds. The molecule has 22 heavy (non-hydrogen) atoms. The summed E-state index contributed by atoms with van der Waals surface area (Å²) in [4.78, 5) is 19.0. The van der Waals surface area contributed by atoms with Gasteiger partial charge < -0.3 is 14.7 Å². The van der Waals surface area contributed by atoms with Crippen molar-refractivity contribution < 1.29 is 14.6 Å². The third kappa shape index (κ3) is 3.51. The predicted molar refractivity (Wildman–Crippen MR) is 86.3 cm³/mol. The average molecular weight is 324 g/mol. The van der Waals surface area contributed by atoms with Gasteiger partial charge in [-0.25, -0.2) is 0 Å². The first kappa shape index (κ1) is 15.9. The fraction of sp³-hybridized carbons (Fsp3) is 0.688. The number of hydrogen-bond acceptors (Lipinski definition) is 5. The van der Waals surface area contributed by atoms with E-state index < -0.39 is 0 Å². The smallest absolute Gasteiger partial charge is 0.264 e. The van der Waals surface area contributed by atoms with Crippen LogP contribution in [0.25, 0.3) is 0 Å². The highest BCUT2D eigenvalue weighted by Crippen LogP contribution is 2.28. The minimum atomic E-state index is -0.258. The van der Waals surface area contributed by atoms with Crippen LogP contribution < -0.4 is 0 Å². The molecule has 0 saturated carbocycles. The van der Waals surface area contributed by atoms with E-state index in [1.807, 2.05) is 17.9 Å². The van der Waals surface area contributed by atoms with Crippen LogP contribution in [-0.2, 0) is 17.8 Å². The summed E-state index contributed by atoms with van der Waals surface area (Å²) in [6.07, 6.45) is 1.45. The Morgan fingerprint density at radius 3 is 2.86 bits per heavy atom. The molecule has 1 aromatic rings. The molecule has 0 aliphatic carbocycles. The van der Waals surface area contributed by atoms with Crippen molar-refractivity contribution in [2.75, 3.05) is 39.3 Å². The second kappa shape index (κ2) is 7.08. The predicted octanol–water partition coefficient (Wildman–Crippen LogP) is 1.35. The number of β-amino-alcohol motifs (C(OH)–C–C–N with tert-alkyl or cyclic N) is 1. The topological polar surface area (TPSA) is 53.0 Å². The van der Waals surface area contributed by atoms with Crippen LogP contribution >= 0.6 is 11.3 Å². The van der Waals surface area contributed by atoms with Crippen LogP contribution in [0.2, 0.25) is 0 Å². The van der Waals surface area contributed by atoms with E-state index in [9.17, 15) is 9.90 Å². The van der Waals surface area contributed by atoms with Crippen molar-refractivity contribution in [1.82, 2.24) is 9.80 Å². The largest absolute Gasteiger partial charge is 0.392 e. The number of carbonyl (C=O) groups is 1. The maximum Gasteiger partial charge on any atom is 0.264 e. The Morgan fingerprint density at radius 1 is 1.41 bits per heavy atom. The zero-order valence-electron chi connectivity index (χ0n) is 13.1. The summed E-state index contributed by atoms with van der Waals surface area (Å²) in [7, 11) is 0. The summed E-state index contributed by atoms with van der Waals surface area (Å²) < 4.78 is 5.45. The number of amides is 1. The van der Waals surface area contributed by atoms with Crippen molar-refractivity contribution in [3.63, 3.8) is 0 Å². The van der Waals surface area contributed by atoms with Gasteiger partial charge in [-0.1, -0.05) is 6.92 Å². The SMILES string of the molecule is CC[C@@H](O)CN1CCN(C(=O)c2cc3c(s2)CCOC3)CC1. The van der Waals surface area contributed by atoms with Gasteiger partial charge in [0.05, 0.1) is 24.2 Å². The van der Waals surface area contributed by atoms with Gasteiger partial charge in [-0.15, -0.1) is 11.3 Å². The molecule has 3 heterocycles. The van der Waals surface area contributed by atoms with E-state index in [0.717, 1.165) is 50.5 Å². The second-order valence-electron chi connectivity index (χ2n) is 6.02. The Bertz CT molecular complexity index is 500. The number of aliphatic hydroxyl groups excluding tert-OH is 1. The maximum atomic E-state index is 12.6. The van der Waals surface area contributed by atoms with Crippen molar-refractivity contribution in [2.24, 2.45) is 0 Å². The summed E-state index contributed by atoms with van der Waals surface area (Å²) in [6.45, 7) is 7.29. The van der Waals surface area contributed by atoms with Crippen LogP contribution in [0, 0.1) is 0 Å². The molecular weight excluding hydrogens is 300 g/mol. The van der Waals surface area contributed by atoms with E-state index in [-0.39, 0.29) is 12.0 Å². The number of nitrogens with zero attached hydrogens (tertiary/aromatic N) is 2. The Kier molecular flexibility index (Phi) is 5.13. The molecule has 1 N–H and O–H groups in total. The highest BCUT2D eigenvalue weighted by atomic mass is 32.1. The molecule has 6 heteroatoms. The summed E-state index contributed by atoms with van der Waals surface area (Å²) >= 11 is 1.63. The van der Waals surface area contributed by atoms with Crippen LogP contribution in [0.4, 0.5) is 0 Å². The number of ether oxygens (including phenoxy) is 1. The lowest BCUT2D eigenvalue weighted by Gasteiger charge is -2.35. The lowest BCUT2D eigenvalue weighted by atomic mass is 10.2. The van der Waals surface area contributed by atoms with Gasteiger partial charge in [-0.3, -0.25) is 9.69 Å². The van der Waals surface area contributed by atoms with E-state index in [1.165, 1.54) is 10.4 Å². The third-order valence-electron chi connectivity index (χ3n) is 4.44. The molecule has 0 spiro atoms. The minimum Gasteiger partial charge on any atom is -0.392 e. The first-order valence-electron chi connectivity index (χ1n) is 8.06. The van der Waals surface area contributed by atoms with Gasteiger partial charge in [0.1, 0.15) is 0 Å². The molecule has 0 bridgehead atoms. The van der Waals surface area contributed by atoms with Crippen LogP contribution in [0.5, 0.6) is 0 Å². The molecule has 1 atom stereocenters. The molecule has 5 nitrogen and oxygen atoms in total. The molecule has 0 unspecified atom stereocenters. The van der Waals surface area contributed by atoms with Gasteiger partial charge in [0.25, 0.3) is 5.91 Å². The number of aliphatic hydroxyl groups is 1. The highest BCUT2D eigenvalue weighted by molar-refractivity contribution is 7.14. The molecule has 3 rings (SSSR count). The first-order valence-corrected chi connectivity index (χ1v) is 8.88. The molecular formula is C16H24N2O3S. The Hall–Kier alpha value is -0.950. The molecule has 2 aliphatic rings. The van der Waals surface area contributed by atoms with Crippen molar-refractivity contribution in [3.8, 4) is 0 Å². The number of fused-ring (bicyclic) bond motifs is 1. The number of rotatable bonds is 4. The zero-order valence-corrected chi connectivity index (χ0v) is 13.9. The lowest BCUT2D eigenvalue weighted by Crippen LogP contribution is -2.50. The van der Waals surface area contributed by atoms with Crippen LogP contribution in [0.3, 0.4) is 0 Å². The van der Waals surface area contributed by atoms with Crippen LogP contribution in [-0.4, -0.2) is 66.2 Å². The molecule has 0 radical (unpaired) electrons. The standard InChI is InChI=1S/C16H24N2O3S/c1-2-13(19)10-17-4-6-18(7-5-17)16(20)15-9-12-11-21-8-3-14(12)22-15/h9,13,19H,2-8,10-11H2,1H3/t13-/m1/s1. The van der Waals surface area contributed by atoms with Crippen molar-refractivity contribution in [2.45, 2.75) is 32.5 Å². The molecule has 1 fully saturated rings. The molecule has 1 saturated heterocycles. The molecule has 2 aliphatic heterocycles. The number of piperazine rings is 1. The van der Waals surface area contributed by atoms with Crippen molar-refractivity contribution >= 4 is 17.2 Å². The highest BCUT2D eigenvalue weighted by Gasteiger charge is 2.25. The average Bonchev–Trinajstić information content (AvgIpc) is 2.98. The lowest BCUT2D eigenvalue weighted by molar-refractivity contribution is 0.0527. The zero-order chi connectivity index (χ0) is 15.5. The van der Waals surface area contributed by atoms with Gasteiger partial charge in [0, 0.05) is 44.0 Å². The minimum absolute atomic E-state index is 0.148. The number of carbonyl (C=O) groups excluding carboxylic acids is 1. The summed E-state index contributed by atoms with van der Waals surface area (Å²) in [6, 6.07) is 2.01. The Morgan fingerprint density at radius 2 is 2.18 bits per heavy atom. The second-order valence-corrected chi connectivity index (χ2v) is 7.15. The first-order chi connectivity index (χ1) is 10.7. The van der Waals surface area contributed by atoms with E-state index in [2.05, 4.69) is 4.90 Å². The van der Waals surface area contributed by atoms with E-state index >= 15 is 0 Å². The van der Waals surface area contributed by atoms with Gasteiger partial charge in [0.15, 0.2) is 0 Å². The van der Waals surface area contributed by atoms with E-state index in [4.69, 9.17) is 4.74 Å². The van der Waals surface area contributed by atoms with E-state index in [0.29, 0.717) is 13.2 Å². The van der Waals surface area contributed by atoms with Gasteiger partial charge in [-0.05, 0) is 18.1 Å². The Labute approximate surface area is 135 Å². The molecule has 0 aromatic carbocycles. The normalized spacial score (nSPS) is 20.7. The van der Waals surface area contributed by atoms with Crippen LogP contribution in [0.1, 0.15) is 33.5 Å². The van der Waals surface area contributed by atoms with E-state index in [1.54, 1.807) is 11.3 Å². The number of thiophene rings is 1. The van der Waals surface area contributed by atoms with Crippen molar-refractivity contribution in [3.05, 3.63) is 21.4 Å². The van der Waals surface area contributed by atoms with Crippen molar-refractivity contribution in [1.29, 1.82) is 0 Å². The Balaban J connectivity index is 1.56. The maximum absolute atomic E-state index is 12.6. The third-order valence-corrected chi connectivity index (χ3v) is 5.66. The fourth-order valence-corrected chi connectivity index (χ4v) is 4.09. The number of hydrogen-bond donors (Lipinski definition) is 1.